The summed E-state index contributed by atoms with van der Waals surface area (Å²) in [5.41, 5.74) is 3.51. The molecular formula is C30H37N3O7. The Hall–Kier alpha value is -4.15. The third-order valence-electron chi connectivity index (χ3n) is 5.70. The number of carbonyl (C=O) groups is 2. The number of hydroxylamine groups is 1. The summed E-state index contributed by atoms with van der Waals surface area (Å²) in [6.07, 6.45) is 1.09. The number of alkyl carbamates (subject to hydrolysis) is 1. The number of pyridine rings is 1. The molecule has 0 radical (unpaired) electrons. The Morgan fingerprint density at radius 3 is 2.27 bits per heavy atom. The second-order valence-electron chi connectivity index (χ2n) is 10.3. The van der Waals surface area contributed by atoms with Gasteiger partial charge in [-0.15, -0.1) is 0 Å². The molecule has 0 saturated carbocycles. The fourth-order valence-corrected chi connectivity index (χ4v) is 3.73. The lowest BCUT2D eigenvalue weighted by Crippen LogP contribution is -2.49. The number of ether oxygens (including phenoxy) is 3. The molecule has 0 saturated heterocycles. The van der Waals surface area contributed by atoms with Crippen LogP contribution in [0.3, 0.4) is 0 Å². The van der Waals surface area contributed by atoms with Crippen molar-refractivity contribution in [1.82, 2.24) is 15.8 Å². The number of amides is 2. The maximum Gasteiger partial charge on any atom is 0.408 e. The second kappa shape index (κ2) is 14.9. The normalized spacial score (nSPS) is 12.6. The lowest BCUT2D eigenvalue weighted by atomic mass is 10.1. The quantitative estimate of drug-likeness (QED) is 0.140. The Morgan fingerprint density at radius 2 is 1.65 bits per heavy atom. The number of benzene rings is 2. The Bertz CT molecular complexity index is 1200. The molecule has 2 aromatic carbocycles. The van der Waals surface area contributed by atoms with E-state index in [2.05, 4.69) is 10.3 Å². The first-order chi connectivity index (χ1) is 19.1. The summed E-state index contributed by atoms with van der Waals surface area (Å²) in [6, 6.07) is 19.5. The van der Waals surface area contributed by atoms with Crippen molar-refractivity contribution in [2.75, 3.05) is 0 Å². The molecular weight excluding hydrogens is 514 g/mol. The largest absolute Gasteiger partial charge is 0.487 e. The van der Waals surface area contributed by atoms with Crippen LogP contribution in [0.15, 0.2) is 72.9 Å². The van der Waals surface area contributed by atoms with Crippen molar-refractivity contribution in [1.29, 1.82) is 0 Å². The number of aromatic nitrogens is 1. The van der Waals surface area contributed by atoms with Crippen LogP contribution in [0, 0.1) is 0 Å². The molecule has 40 heavy (non-hydrogen) atoms. The molecule has 0 spiro atoms. The molecule has 1 aromatic heterocycles. The molecule has 10 nitrogen and oxygen atoms in total. The number of carbonyl (C=O) groups excluding carboxylic acids is 2. The van der Waals surface area contributed by atoms with Gasteiger partial charge in [0.25, 0.3) is 0 Å². The van der Waals surface area contributed by atoms with Gasteiger partial charge < -0.3 is 24.6 Å². The van der Waals surface area contributed by atoms with Crippen LogP contribution in [-0.2, 0) is 29.0 Å². The van der Waals surface area contributed by atoms with Crippen LogP contribution in [0.5, 0.6) is 11.5 Å². The number of aliphatic hydroxyl groups is 1. The number of hydrogen-bond acceptors (Lipinski definition) is 8. The fraction of sp³-hybridized carbons (Fsp3) is 0.367. The van der Waals surface area contributed by atoms with Crippen molar-refractivity contribution in [3.05, 3.63) is 89.7 Å². The summed E-state index contributed by atoms with van der Waals surface area (Å²) in [4.78, 5) is 28.1. The van der Waals surface area contributed by atoms with E-state index in [1.54, 1.807) is 56.7 Å². The molecule has 0 aliphatic rings. The van der Waals surface area contributed by atoms with E-state index in [0.29, 0.717) is 36.6 Å². The number of aryl methyl sites for hydroxylation is 1. The van der Waals surface area contributed by atoms with Gasteiger partial charge in [0.2, 0.25) is 12.2 Å². The van der Waals surface area contributed by atoms with Gasteiger partial charge in [0.05, 0.1) is 12.2 Å². The van der Waals surface area contributed by atoms with Crippen LogP contribution < -0.4 is 20.3 Å². The number of nitrogens with one attached hydrogen (secondary N) is 2. The van der Waals surface area contributed by atoms with Crippen LogP contribution in [0.2, 0.25) is 0 Å². The number of rotatable bonds is 13. The minimum Gasteiger partial charge on any atom is -0.487 e. The van der Waals surface area contributed by atoms with Crippen molar-refractivity contribution in [3.63, 3.8) is 0 Å². The van der Waals surface area contributed by atoms with Gasteiger partial charge in [0.15, 0.2) is 0 Å². The second-order valence-corrected chi connectivity index (χ2v) is 10.3. The summed E-state index contributed by atoms with van der Waals surface area (Å²) >= 11 is 0. The Balaban J connectivity index is 1.62. The summed E-state index contributed by atoms with van der Waals surface area (Å²) < 4.78 is 16.9. The fourth-order valence-electron chi connectivity index (χ4n) is 3.73. The summed E-state index contributed by atoms with van der Waals surface area (Å²) in [5, 5.41) is 22.2. The van der Waals surface area contributed by atoms with Gasteiger partial charge in [0, 0.05) is 18.5 Å². The predicted molar refractivity (Wildman–Crippen MR) is 148 cm³/mol. The van der Waals surface area contributed by atoms with E-state index in [1.165, 1.54) is 0 Å². The summed E-state index contributed by atoms with van der Waals surface area (Å²) in [5.74, 6) is 0.562. The number of nitrogens with zero attached hydrogens (tertiary/aromatic N) is 1. The minimum absolute atomic E-state index is 0.171. The van der Waals surface area contributed by atoms with E-state index in [0.717, 1.165) is 11.1 Å². The maximum absolute atomic E-state index is 12.5. The molecule has 0 bridgehead atoms. The molecule has 0 fully saturated rings. The Kier molecular flexibility index (Phi) is 11.3. The van der Waals surface area contributed by atoms with Crippen molar-refractivity contribution in [2.45, 2.75) is 71.0 Å². The van der Waals surface area contributed by atoms with Crippen LogP contribution >= 0.6 is 0 Å². The highest BCUT2D eigenvalue weighted by Crippen LogP contribution is 2.19. The number of aliphatic hydroxyl groups excluding tert-OH is 1. The average Bonchev–Trinajstić information content (AvgIpc) is 2.92. The highest BCUT2D eigenvalue weighted by atomic mass is 16.6. The predicted octanol–water partition coefficient (Wildman–Crippen LogP) is 4.32. The Labute approximate surface area is 234 Å². The van der Waals surface area contributed by atoms with E-state index >= 15 is 0 Å². The van der Waals surface area contributed by atoms with Gasteiger partial charge in [-0.05, 0) is 69.0 Å². The lowest BCUT2D eigenvalue weighted by Gasteiger charge is -2.27. The molecule has 10 heteroatoms. The zero-order valence-electron chi connectivity index (χ0n) is 23.0. The van der Waals surface area contributed by atoms with E-state index in [9.17, 15) is 14.7 Å². The molecule has 1 heterocycles. The monoisotopic (exact) mass is 551 g/mol. The van der Waals surface area contributed by atoms with Crippen LogP contribution in [0.25, 0.3) is 0 Å². The van der Waals surface area contributed by atoms with Crippen LogP contribution in [-0.4, -0.2) is 45.2 Å². The molecule has 3 aromatic rings. The van der Waals surface area contributed by atoms with Crippen LogP contribution in [0.1, 0.15) is 50.4 Å². The SMILES string of the molecule is CC(C)(C)OC(=O)N[C@H](Cc1ccc(OCc2ccccc2)cn1)C(O)Oc1ccc(CCCC(=O)NO)cc1. The molecule has 4 N–H and O–H groups in total. The Morgan fingerprint density at radius 1 is 0.950 bits per heavy atom. The topological polar surface area (TPSA) is 139 Å². The molecule has 214 valence electrons. The first-order valence-corrected chi connectivity index (χ1v) is 13.1. The molecule has 2 atom stereocenters. The van der Waals surface area contributed by atoms with Gasteiger partial charge in [-0.2, -0.15) is 0 Å². The van der Waals surface area contributed by atoms with Gasteiger partial charge in [-0.3, -0.25) is 15.0 Å². The summed E-state index contributed by atoms with van der Waals surface area (Å²) in [7, 11) is 0. The number of hydrogen-bond donors (Lipinski definition) is 4. The zero-order valence-corrected chi connectivity index (χ0v) is 23.0. The van der Waals surface area contributed by atoms with Crippen molar-refractivity contribution in [2.24, 2.45) is 0 Å². The first-order valence-electron chi connectivity index (χ1n) is 13.1. The van der Waals surface area contributed by atoms with Gasteiger partial charge in [-0.1, -0.05) is 42.5 Å². The third kappa shape index (κ3) is 10.9. The molecule has 3 rings (SSSR count). The van der Waals surface area contributed by atoms with Gasteiger partial charge in [0.1, 0.15) is 23.7 Å². The van der Waals surface area contributed by atoms with Crippen molar-refractivity contribution >= 4 is 12.0 Å². The van der Waals surface area contributed by atoms with Crippen molar-refractivity contribution in [3.8, 4) is 11.5 Å². The lowest BCUT2D eigenvalue weighted by molar-refractivity contribution is -0.129. The van der Waals surface area contributed by atoms with E-state index in [1.807, 2.05) is 42.5 Å². The minimum atomic E-state index is -1.40. The molecule has 0 aliphatic carbocycles. The van der Waals surface area contributed by atoms with Crippen LogP contribution in [0.4, 0.5) is 4.79 Å². The maximum atomic E-state index is 12.5. The smallest absolute Gasteiger partial charge is 0.408 e. The average molecular weight is 552 g/mol. The zero-order chi connectivity index (χ0) is 29.0. The molecule has 2 amide bonds. The van der Waals surface area contributed by atoms with Crippen molar-refractivity contribution < 1.29 is 34.1 Å². The summed E-state index contributed by atoms with van der Waals surface area (Å²) in [6.45, 7) is 5.67. The first kappa shape index (κ1) is 30.4. The molecule has 1 unspecified atom stereocenters. The van der Waals surface area contributed by atoms with E-state index in [-0.39, 0.29) is 12.8 Å². The van der Waals surface area contributed by atoms with E-state index in [4.69, 9.17) is 19.4 Å². The highest BCUT2D eigenvalue weighted by Gasteiger charge is 2.27. The van der Waals surface area contributed by atoms with Gasteiger partial charge >= 0.3 is 6.09 Å². The van der Waals surface area contributed by atoms with E-state index < -0.39 is 29.9 Å². The standard InChI is InChI=1S/C30H37N3O7/c1-30(2,3)40-29(36)32-26(18-23-14-17-25(19-31-23)38-20-22-8-5-4-6-9-22)28(35)39-24-15-12-21(13-16-24)10-7-11-27(34)33-37/h4-6,8-9,12-17,19,26,28,35,37H,7,10-11,18,20H2,1-3H3,(H,32,36)(H,33,34)/t26-,28?/m1/s1. The van der Waals surface area contributed by atoms with Gasteiger partial charge in [-0.25, -0.2) is 10.3 Å². The molecule has 0 aliphatic heterocycles. The third-order valence-corrected chi connectivity index (χ3v) is 5.70. The highest BCUT2D eigenvalue weighted by molar-refractivity contribution is 5.74.